The van der Waals surface area contributed by atoms with E-state index in [1.807, 2.05) is 6.92 Å². The minimum atomic E-state index is -0.875. The average molecular weight is 247 g/mol. The van der Waals surface area contributed by atoms with E-state index in [2.05, 4.69) is 5.32 Å². The number of halogens is 2. The Morgan fingerprint density at radius 2 is 1.56 bits per heavy atom. The number of benzene rings is 2. The van der Waals surface area contributed by atoms with E-state index in [-0.39, 0.29) is 0 Å². The lowest BCUT2D eigenvalue weighted by Gasteiger charge is -2.07. The highest BCUT2D eigenvalue weighted by molar-refractivity contribution is 6.04. The molecule has 0 fully saturated rings. The van der Waals surface area contributed by atoms with Crippen LogP contribution in [0.2, 0.25) is 0 Å². The fourth-order valence-corrected chi connectivity index (χ4v) is 1.55. The van der Waals surface area contributed by atoms with Crippen LogP contribution in [0.3, 0.4) is 0 Å². The van der Waals surface area contributed by atoms with Gasteiger partial charge in [-0.25, -0.2) is 8.78 Å². The SMILES string of the molecule is Cc1ccc(NC(=O)c2c(F)cccc2F)cc1. The Bertz CT molecular complexity index is 559. The fourth-order valence-electron chi connectivity index (χ4n) is 1.55. The normalized spacial score (nSPS) is 10.2. The van der Waals surface area contributed by atoms with Gasteiger partial charge in [-0.3, -0.25) is 4.79 Å². The van der Waals surface area contributed by atoms with Crippen molar-refractivity contribution in [3.8, 4) is 0 Å². The third kappa shape index (κ3) is 2.53. The van der Waals surface area contributed by atoms with E-state index in [4.69, 9.17) is 0 Å². The number of amides is 1. The molecule has 0 bridgehead atoms. The van der Waals surface area contributed by atoms with Gasteiger partial charge in [-0.1, -0.05) is 23.8 Å². The smallest absolute Gasteiger partial charge is 0.261 e. The number of carbonyl (C=O) groups is 1. The molecule has 2 aromatic rings. The summed E-state index contributed by atoms with van der Waals surface area (Å²) in [6, 6.07) is 10.3. The van der Waals surface area contributed by atoms with Gasteiger partial charge in [-0.05, 0) is 31.2 Å². The lowest BCUT2D eigenvalue weighted by molar-refractivity contribution is 0.101. The van der Waals surface area contributed by atoms with Crippen LogP contribution in [0, 0.1) is 18.6 Å². The molecule has 1 N–H and O–H groups in total. The molecule has 0 heterocycles. The van der Waals surface area contributed by atoms with Gasteiger partial charge in [-0.15, -0.1) is 0 Å². The van der Waals surface area contributed by atoms with Gasteiger partial charge in [0.15, 0.2) is 0 Å². The van der Waals surface area contributed by atoms with Crippen LogP contribution in [-0.4, -0.2) is 5.91 Å². The Hall–Kier alpha value is -2.23. The first-order valence-electron chi connectivity index (χ1n) is 5.40. The second-order valence-electron chi connectivity index (χ2n) is 3.92. The molecule has 0 aliphatic carbocycles. The first-order chi connectivity index (χ1) is 8.58. The fraction of sp³-hybridized carbons (Fsp3) is 0.0714. The van der Waals surface area contributed by atoms with E-state index < -0.39 is 23.1 Å². The molecular weight excluding hydrogens is 236 g/mol. The van der Waals surface area contributed by atoms with Gasteiger partial charge < -0.3 is 5.32 Å². The van der Waals surface area contributed by atoms with E-state index in [1.54, 1.807) is 24.3 Å². The highest BCUT2D eigenvalue weighted by Crippen LogP contribution is 2.15. The Labute approximate surface area is 103 Å². The molecule has 0 saturated heterocycles. The zero-order valence-corrected chi connectivity index (χ0v) is 9.71. The number of carbonyl (C=O) groups excluding carboxylic acids is 1. The topological polar surface area (TPSA) is 29.1 Å². The molecule has 18 heavy (non-hydrogen) atoms. The third-order valence-corrected chi connectivity index (χ3v) is 2.50. The van der Waals surface area contributed by atoms with Crippen LogP contribution < -0.4 is 5.32 Å². The predicted octanol–water partition coefficient (Wildman–Crippen LogP) is 3.53. The summed E-state index contributed by atoms with van der Waals surface area (Å²) in [5, 5.41) is 2.45. The van der Waals surface area contributed by atoms with Crippen molar-refractivity contribution in [3.05, 3.63) is 65.2 Å². The largest absolute Gasteiger partial charge is 0.322 e. The number of nitrogens with one attached hydrogen (secondary N) is 1. The lowest BCUT2D eigenvalue weighted by Crippen LogP contribution is -2.15. The average Bonchev–Trinajstić information content (AvgIpc) is 2.32. The summed E-state index contributed by atoms with van der Waals surface area (Å²) in [6.07, 6.45) is 0. The van der Waals surface area contributed by atoms with E-state index in [1.165, 1.54) is 6.07 Å². The highest BCUT2D eigenvalue weighted by atomic mass is 19.1. The maximum absolute atomic E-state index is 13.4. The molecule has 0 spiro atoms. The second kappa shape index (κ2) is 4.96. The minimum Gasteiger partial charge on any atom is -0.322 e. The van der Waals surface area contributed by atoms with E-state index in [0.29, 0.717) is 5.69 Å². The van der Waals surface area contributed by atoms with Gasteiger partial charge in [0.1, 0.15) is 17.2 Å². The van der Waals surface area contributed by atoms with Crippen molar-refractivity contribution in [3.63, 3.8) is 0 Å². The number of anilines is 1. The van der Waals surface area contributed by atoms with Crippen LogP contribution in [0.5, 0.6) is 0 Å². The van der Waals surface area contributed by atoms with Gasteiger partial charge in [0.2, 0.25) is 0 Å². The van der Waals surface area contributed by atoms with Crippen LogP contribution in [0.1, 0.15) is 15.9 Å². The number of aryl methyl sites for hydroxylation is 1. The van der Waals surface area contributed by atoms with Crippen LogP contribution in [0.25, 0.3) is 0 Å². The molecule has 2 aromatic carbocycles. The summed E-state index contributed by atoms with van der Waals surface area (Å²) in [5.41, 5.74) is 0.955. The molecule has 0 aromatic heterocycles. The quantitative estimate of drug-likeness (QED) is 0.864. The van der Waals surface area contributed by atoms with Crippen molar-refractivity contribution in [2.75, 3.05) is 5.32 Å². The van der Waals surface area contributed by atoms with E-state index >= 15 is 0 Å². The van der Waals surface area contributed by atoms with Crippen LogP contribution in [0.15, 0.2) is 42.5 Å². The summed E-state index contributed by atoms with van der Waals surface area (Å²) >= 11 is 0. The molecule has 0 saturated carbocycles. The third-order valence-electron chi connectivity index (χ3n) is 2.50. The Morgan fingerprint density at radius 3 is 2.11 bits per heavy atom. The molecular formula is C14H11F2NO. The molecule has 0 atom stereocenters. The summed E-state index contributed by atoms with van der Waals surface area (Å²) in [4.78, 5) is 11.7. The molecule has 0 unspecified atom stereocenters. The number of hydrogen-bond acceptors (Lipinski definition) is 1. The standard InChI is InChI=1S/C14H11F2NO/c1-9-5-7-10(8-6-9)17-14(18)13-11(15)3-2-4-12(13)16/h2-8H,1H3,(H,17,18). The Morgan fingerprint density at radius 1 is 1.00 bits per heavy atom. The minimum absolute atomic E-state index is 0.494. The summed E-state index contributed by atoms with van der Waals surface area (Å²) in [6.45, 7) is 1.90. The molecule has 0 aliphatic rings. The summed E-state index contributed by atoms with van der Waals surface area (Å²) in [7, 11) is 0. The monoisotopic (exact) mass is 247 g/mol. The predicted molar refractivity (Wildman–Crippen MR) is 65.5 cm³/mol. The molecule has 2 nitrogen and oxygen atoms in total. The first-order valence-corrected chi connectivity index (χ1v) is 5.40. The van der Waals surface area contributed by atoms with Gasteiger partial charge in [0.25, 0.3) is 5.91 Å². The van der Waals surface area contributed by atoms with Gasteiger partial charge >= 0.3 is 0 Å². The molecule has 1 amide bonds. The zero-order valence-electron chi connectivity index (χ0n) is 9.71. The first kappa shape index (κ1) is 12.2. The van der Waals surface area contributed by atoms with Gasteiger partial charge in [0, 0.05) is 5.69 Å². The highest BCUT2D eigenvalue weighted by Gasteiger charge is 2.16. The van der Waals surface area contributed by atoms with Crippen molar-refractivity contribution in [2.45, 2.75) is 6.92 Å². The van der Waals surface area contributed by atoms with Crippen molar-refractivity contribution in [1.29, 1.82) is 0 Å². The van der Waals surface area contributed by atoms with Crippen molar-refractivity contribution in [2.24, 2.45) is 0 Å². The number of rotatable bonds is 2. The Balaban J connectivity index is 2.25. The van der Waals surface area contributed by atoms with Crippen molar-refractivity contribution in [1.82, 2.24) is 0 Å². The van der Waals surface area contributed by atoms with E-state index in [0.717, 1.165) is 17.7 Å². The molecule has 92 valence electrons. The summed E-state index contributed by atoms with van der Waals surface area (Å²) in [5.74, 6) is -2.55. The maximum atomic E-state index is 13.4. The zero-order chi connectivity index (χ0) is 13.1. The van der Waals surface area contributed by atoms with Crippen LogP contribution >= 0.6 is 0 Å². The van der Waals surface area contributed by atoms with E-state index in [9.17, 15) is 13.6 Å². The summed E-state index contributed by atoms with van der Waals surface area (Å²) < 4.78 is 26.7. The van der Waals surface area contributed by atoms with Crippen LogP contribution in [0.4, 0.5) is 14.5 Å². The maximum Gasteiger partial charge on any atom is 0.261 e. The van der Waals surface area contributed by atoms with Crippen molar-refractivity contribution < 1.29 is 13.6 Å². The molecule has 0 aliphatic heterocycles. The Kier molecular flexibility index (Phi) is 3.37. The van der Waals surface area contributed by atoms with Gasteiger partial charge in [0.05, 0.1) is 0 Å². The molecule has 2 rings (SSSR count). The second-order valence-corrected chi connectivity index (χ2v) is 3.92. The van der Waals surface area contributed by atoms with Crippen LogP contribution in [-0.2, 0) is 0 Å². The molecule has 4 heteroatoms. The molecule has 0 radical (unpaired) electrons. The number of hydrogen-bond donors (Lipinski definition) is 1. The van der Waals surface area contributed by atoms with Crippen molar-refractivity contribution >= 4 is 11.6 Å². The lowest BCUT2D eigenvalue weighted by atomic mass is 10.1. The van der Waals surface area contributed by atoms with Gasteiger partial charge in [-0.2, -0.15) is 0 Å².